The maximum absolute atomic E-state index is 14.3. The van der Waals surface area contributed by atoms with Crippen LogP contribution in [0.2, 0.25) is 0 Å². The zero-order valence-corrected chi connectivity index (χ0v) is 20.9. The predicted octanol–water partition coefficient (Wildman–Crippen LogP) is 5.55. The van der Waals surface area contributed by atoms with Gasteiger partial charge in [-0.2, -0.15) is 0 Å². The summed E-state index contributed by atoms with van der Waals surface area (Å²) < 4.78 is 40.0. The Balaban J connectivity index is 1.48. The van der Waals surface area contributed by atoms with Gasteiger partial charge in [0.1, 0.15) is 5.82 Å². The number of carbonyl (C=O) groups excluding carboxylic acids is 1. The fourth-order valence-corrected chi connectivity index (χ4v) is 5.48. The summed E-state index contributed by atoms with van der Waals surface area (Å²) in [5.74, 6) is -0.795. The van der Waals surface area contributed by atoms with Crippen molar-refractivity contribution in [1.29, 1.82) is 0 Å². The van der Waals surface area contributed by atoms with Crippen molar-refractivity contribution in [2.45, 2.75) is 51.6 Å². The molecule has 0 bridgehead atoms. The Bertz CT molecular complexity index is 1310. The van der Waals surface area contributed by atoms with Crippen molar-refractivity contribution < 1.29 is 17.6 Å². The van der Waals surface area contributed by atoms with E-state index in [4.69, 9.17) is 0 Å². The Hall–Kier alpha value is -3.19. The molecule has 0 saturated carbocycles. The number of fused-ring (bicyclic) bond motifs is 1. The van der Waals surface area contributed by atoms with E-state index in [2.05, 4.69) is 30.4 Å². The van der Waals surface area contributed by atoms with Crippen molar-refractivity contribution in [2.24, 2.45) is 0 Å². The maximum Gasteiger partial charge on any atom is 0.251 e. The first kappa shape index (κ1) is 24.9. The summed E-state index contributed by atoms with van der Waals surface area (Å²) >= 11 is 0. The summed E-state index contributed by atoms with van der Waals surface area (Å²) in [4.78, 5) is 13.0. The summed E-state index contributed by atoms with van der Waals surface area (Å²) in [6, 6.07) is 19.0. The second kappa shape index (κ2) is 10.6. The minimum atomic E-state index is -3.71. The summed E-state index contributed by atoms with van der Waals surface area (Å²) in [6.07, 6.45) is 6.48. The number of sulfonamides is 1. The van der Waals surface area contributed by atoms with Crippen LogP contribution in [0.25, 0.3) is 0 Å². The van der Waals surface area contributed by atoms with E-state index < -0.39 is 15.8 Å². The van der Waals surface area contributed by atoms with Crippen molar-refractivity contribution in [3.05, 3.63) is 100 Å². The lowest BCUT2D eigenvalue weighted by molar-refractivity contribution is 0.0935. The summed E-state index contributed by atoms with van der Waals surface area (Å²) in [6.45, 7) is 2.02. The molecule has 3 aromatic carbocycles. The standard InChI is InChI=1S/C28H31FN2O3S/c1-3-26(24-17-16-21-8-4-5-9-23(21)18-24)30-28(32)22-14-12-20(13-15-22)19-31(35(2,33)34)27-11-7-6-10-25(27)29/h6-7,10-18,26H,3-5,8-9,19H2,1-2H3,(H,30,32). The average Bonchev–Trinajstić information content (AvgIpc) is 2.85. The van der Waals surface area contributed by atoms with Gasteiger partial charge < -0.3 is 5.32 Å². The zero-order chi connectivity index (χ0) is 25.0. The minimum absolute atomic E-state index is 0.00680. The van der Waals surface area contributed by atoms with E-state index in [0.717, 1.165) is 35.4 Å². The topological polar surface area (TPSA) is 66.5 Å². The van der Waals surface area contributed by atoms with Crippen LogP contribution in [0.15, 0.2) is 66.7 Å². The molecule has 1 N–H and O–H groups in total. The lowest BCUT2D eigenvalue weighted by Gasteiger charge is -2.23. The Morgan fingerprint density at radius 2 is 1.69 bits per heavy atom. The van der Waals surface area contributed by atoms with E-state index in [0.29, 0.717) is 11.1 Å². The minimum Gasteiger partial charge on any atom is -0.345 e. The molecular formula is C28H31FN2O3S. The normalized spacial score (nSPS) is 14.1. The molecular weight excluding hydrogens is 463 g/mol. The Morgan fingerprint density at radius 3 is 2.34 bits per heavy atom. The molecule has 0 aromatic heterocycles. The first-order valence-electron chi connectivity index (χ1n) is 12.0. The van der Waals surface area contributed by atoms with Gasteiger partial charge in [0.25, 0.3) is 5.91 Å². The first-order chi connectivity index (χ1) is 16.8. The monoisotopic (exact) mass is 494 g/mol. The van der Waals surface area contributed by atoms with Gasteiger partial charge in [-0.15, -0.1) is 0 Å². The fourth-order valence-electron chi connectivity index (χ4n) is 4.60. The van der Waals surface area contributed by atoms with Gasteiger partial charge in [-0.25, -0.2) is 12.8 Å². The van der Waals surface area contributed by atoms with Gasteiger partial charge in [-0.05, 0) is 78.6 Å². The molecule has 5 nitrogen and oxygen atoms in total. The third-order valence-corrected chi connectivity index (χ3v) is 7.68. The number of hydrogen-bond donors (Lipinski definition) is 1. The molecule has 1 amide bonds. The molecule has 3 aromatic rings. The smallest absolute Gasteiger partial charge is 0.251 e. The van der Waals surface area contributed by atoms with Crippen LogP contribution in [0.3, 0.4) is 0 Å². The molecule has 35 heavy (non-hydrogen) atoms. The number of amides is 1. The van der Waals surface area contributed by atoms with Gasteiger partial charge in [0.05, 0.1) is 24.5 Å². The molecule has 0 aliphatic heterocycles. The molecule has 0 spiro atoms. The highest BCUT2D eigenvalue weighted by Gasteiger charge is 2.21. The molecule has 1 aliphatic carbocycles. The van der Waals surface area contributed by atoms with E-state index in [1.54, 1.807) is 30.3 Å². The zero-order valence-electron chi connectivity index (χ0n) is 20.1. The number of benzene rings is 3. The molecule has 7 heteroatoms. The second-order valence-corrected chi connectivity index (χ2v) is 11.0. The fraction of sp³-hybridized carbons (Fsp3) is 0.321. The Morgan fingerprint density at radius 1 is 1.00 bits per heavy atom. The number of hydrogen-bond acceptors (Lipinski definition) is 3. The molecule has 0 radical (unpaired) electrons. The number of rotatable bonds is 8. The van der Waals surface area contributed by atoms with Gasteiger partial charge >= 0.3 is 0 Å². The van der Waals surface area contributed by atoms with E-state index >= 15 is 0 Å². The van der Waals surface area contributed by atoms with E-state index in [9.17, 15) is 17.6 Å². The average molecular weight is 495 g/mol. The third-order valence-electron chi connectivity index (χ3n) is 6.55. The molecule has 4 rings (SSSR count). The molecule has 1 aliphatic rings. The number of para-hydroxylation sites is 1. The largest absolute Gasteiger partial charge is 0.345 e. The quantitative estimate of drug-likeness (QED) is 0.446. The number of carbonyl (C=O) groups is 1. The van der Waals surface area contributed by atoms with E-state index in [-0.39, 0.29) is 24.2 Å². The number of nitrogens with one attached hydrogen (secondary N) is 1. The number of halogens is 1. The van der Waals surface area contributed by atoms with Crippen molar-refractivity contribution in [3.8, 4) is 0 Å². The van der Waals surface area contributed by atoms with Gasteiger partial charge in [0.15, 0.2) is 0 Å². The number of aryl methyl sites for hydroxylation is 2. The number of nitrogens with zero attached hydrogens (tertiary/aromatic N) is 1. The van der Waals surface area contributed by atoms with Crippen LogP contribution in [0, 0.1) is 5.82 Å². The highest BCUT2D eigenvalue weighted by atomic mass is 32.2. The van der Waals surface area contributed by atoms with Crippen LogP contribution in [0.4, 0.5) is 10.1 Å². The lowest BCUT2D eigenvalue weighted by atomic mass is 9.88. The molecule has 0 fully saturated rings. The van der Waals surface area contributed by atoms with Crippen LogP contribution in [-0.2, 0) is 29.4 Å². The molecule has 1 atom stereocenters. The van der Waals surface area contributed by atoms with Crippen LogP contribution in [0.1, 0.15) is 64.8 Å². The van der Waals surface area contributed by atoms with Crippen LogP contribution >= 0.6 is 0 Å². The van der Waals surface area contributed by atoms with Gasteiger partial charge in [0, 0.05) is 5.56 Å². The molecule has 0 saturated heterocycles. The molecule has 0 heterocycles. The van der Waals surface area contributed by atoms with Crippen LogP contribution in [-0.4, -0.2) is 20.6 Å². The summed E-state index contributed by atoms with van der Waals surface area (Å²) in [5.41, 5.74) is 5.05. The summed E-state index contributed by atoms with van der Waals surface area (Å²) in [5, 5.41) is 3.13. The van der Waals surface area contributed by atoms with Crippen molar-refractivity contribution in [3.63, 3.8) is 0 Å². The van der Waals surface area contributed by atoms with Crippen molar-refractivity contribution in [2.75, 3.05) is 10.6 Å². The first-order valence-corrected chi connectivity index (χ1v) is 13.8. The Kier molecular flexibility index (Phi) is 7.55. The van der Waals surface area contributed by atoms with Gasteiger partial charge in [-0.1, -0.05) is 49.4 Å². The van der Waals surface area contributed by atoms with E-state index in [1.165, 1.54) is 42.2 Å². The number of anilines is 1. The Labute approximate surface area is 207 Å². The van der Waals surface area contributed by atoms with Crippen molar-refractivity contribution >= 4 is 21.6 Å². The third kappa shape index (κ3) is 5.90. The highest BCUT2D eigenvalue weighted by molar-refractivity contribution is 7.92. The van der Waals surface area contributed by atoms with Gasteiger partial charge in [-0.3, -0.25) is 9.10 Å². The molecule has 184 valence electrons. The summed E-state index contributed by atoms with van der Waals surface area (Å²) in [7, 11) is -3.71. The second-order valence-electron chi connectivity index (χ2n) is 9.09. The highest BCUT2D eigenvalue weighted by Crippen LogP contribution is 2.27. The van der Waals surface area contributed by atoms with Gasteiger partial charge in [0.2, 0.25) is 10.0 Å². The van der Waals surface area contributed by atoms with Crippen molar-refractivity contribution in [1.82, 2.24) is 5.32 Å². The van der Waals surface area contributed by atoms with Crippen LogP contribution < -0.4 is 9.62 Å². The van der Waals surface area contributed by atoms with E-state index in [1.807, 2.05) is 0 Å². The lowest BCUT2D eigenvalue weighted by Crippen LogP contribution is -2.30. The maximum atomic E-state index is 14.3. The van der Waals surface area contributed by atoms with Crippen LogP contribution in [0.5, 0.6) is 0 Å². The predicted molar refractivity (Wildman–Crippen MR) is 137 cm³/mol. The molecule has 1 unspecified atom stereocenters. The SMILES string of the molecule is CCC(NC(=O)c1ccc(CN(c2ccccc2F)S(C)(=O)=O)cc1)c1ccc2c(c1)CCCC2.